The second-order valence-corrected chi connectivity index (χ2v) is 8.67. The maximum Gasteiger partial charge on any atom is 0.226 e. The van der Waals surface area contributed by atoms with E-state index in [0.29, 0.717) is 44.6 Å². The Morgan fingerprint density at radius 1 is 1.26 bits per heavy atom. The van der Waals surface area contributed by atoms with Gasteiger partial charge in [-0.15, -0.1) is 0 Å². The van der Waals surface area contributed by atoms with Crippen LogP contribution in [0.25, 0.3) is 0 Å². The van der Waals surface area contributed by atoms with E-state index in [0.717, 1.165) is 24.1 Å². The number of likely N-dealkylation sites (tertiary alicyclic amines) is 1. The fraction of sp³-hybridized carbons (Fsp3) is 0.500. The van der Waals surface area contributed by atoms with Gasteiger partial charge in [-0.3, -0.25) is 4.79 Å². The maximum atomic E-state index is 14.1. The van der Waals surface area contributed by atoms with Crippen LogP contribution >= 0.6 is 0 Å². The van der Waals surface area contributed by atoms with Crippen molar-refractivity contribution in [3.8, 4) is 11.6 Å². The first-order chi connectivity index (χ1) is 15.1. The van der Waals surface area contributed by atoms with Crippen molar-refractivity contribution >= 4 is 5.91 Å². The van der Waals surface area contributed by atoms with Gasteiger partial charge in [0.2, 0.25) is 11.8 Å². The van der Waals surface area contributed by atoms with Crippen LogP contribution < -0.4 is 9.47 Å². The first-order valence-electron chi connectivity index (χ1n) is 11.0. The second-order valence-electron chi connectivity index (χ2n) is 8.67. The molecule has 4 heterocycles. The molecule has 7 heteroatoms. The number of hydrogen-bond donors (Lipinski definition) is 0. The number of aromatic nitrogens is 1. The lowest BCUT2D eigenvalue weighted by Crippen LogP contribution is -2.40. The molecule has 0 saturated carbocycles. The first-order valence-corrected chi connectivity index (χ1v) is 11.0. The fourth-order valence-corrected chi connectivity index (χ4v) is 5.06. The predicted molar refractivity (Wildman–Crippen MR) is 111 cm³/mol. The van der Waals surface area contributed by atoms with E-state index in [4.69, 9.17) is 14.2 Å². The molecule has 0 aliphatic carbocycles. The van der Waals surface area contributed by atoms with Crippen LogP contribution in [0.4, 0.5) is 4.39 Å². The van der Waals surface area contributed by atoms with Crippen LogP contribution in [0.15, 0.2) is 36.4 Å². The van der Waals surface area contributed by atoms with Gasteiger partial charge in [-0.25, -0.2) is 9.37 Å². The van der Waals surface area contributed by atoms with Crippen molar-refractivity contribution in [1.29, 1.82) is 0 Å². The smallest absolute Gasteiger partial charge is 0.226 e. The third-order valence-corrected chi connectivity index (χ3v) is 6.66. The SMILES string of the molecule is Cc1cccc(OC[C@@H]2CN(C(=O)C3CCOCC3)[C@H]3c4cc(F)ccc4OC[C@@H]23)n1. The molecule has 1 amide bonds. The zero-order valence-corrected chi connectivity index (χ0v) is 17.6. The molecule has 1 aromatic carbocycles. The summed E-state index contributed by atoms with van der Waals surface area (Å²) in [7, 11) is 0. The number of benzene rings is 1. The van der Waals surface area contributed by atoms with Gasteiger partial charge in [0, 0.05) is 54.8 Å². The Bertz CT molecular complexity index is 962. The van der Waals surface area contributed by atoms with Gasteiger partial charge >= 0.3 is 0 Å². The van der Waals surface area contributed by atoms with Gasteiger partial charge in [-0.2, -0.15) is 0 Å². The number of halogens is 1. The number of carbonyl (C=O) groups excluding carboxylic acids is 1. The number of pyridine rings is 1. The summed E-state index contributed by atoms with van der Waals surface area (Å²) >= 11 is 0. The molecule has 0 N–H and O–H groups in total. The normalized spacial score (nSPS) is 25.5. The molecule has 31 heavy (non-hydrogen) atoms. The van der Waals surface area contributed by atoms with Crippen molar-refractivity contribution in [2.75, 3.05) is 33.0 Å². The molecule has 0 spiro atoms. The summed E-state index contributed by atoms with van der Waals surface area (Å²) in [5, 5.41) is 0. The number of ether oxygens (including phenoxy) is 3. The molecular weight excluding hydrogens is 399 g/mol. The Morgan fingerprint density at radius 3 is 2.90 bits per heavy atom. The summed E-state index contributed by atoms with van der Waals surface area (Å²) in [5.41, 5.74) is 1.65. The van der Waals surface area contributed by atoms with Crippen molar-refractivity contribution in [2.24, 2.45) is 17.8 Å². The van der Waals surface area contributed by atoms with Gasteiger partial charge in [-0.1, -0.05) is 6.07 Å². The molecule has 3 aliphatic heterocycles. The van der Waals surface area contributed by atoms with Gasteiger partial charge in [0.1, 0.15) is 11.6 Å². The lowest BCUT2D eigenvalue weighted by atomic mass is 9.85. The van der Waals surface area contributed by atoms with E-state index in [2.05, 4.69) is 4.98 Å². The number of rotatable bonds is 4. The predicted octanol–water partition coefficient (Wildman–Crippen LogP) is 3.54. The highest BCUT2D eigenvalue weighted by Crippen LogP contribution is 2.48. The Hall–Kier alpha value is -2.67. The van der Waals surface area contributed by atoms with Crippen LogP contribution in [0, 0.1) is 30.5 Å². The Morgan fingerprint density at radius 2 is 2.10 bits per heavy atom. The molecule has 164 valence electrons. The average molecular weight is 426 g/mol. The Balaban J connectivity index is 1.42. The molecule has 3 aliphatic rings. The van der Waals surface area contributed by atoms with Crippen molar-refractivity contribution < 1.29 is 23.4 Å². The van der Waals surface area contributed by atoms with E-state index in [1.165, 1.54) is 12.1 Å². The van der Waals surface area contributed by atoms with E-state index in [9.17, 15) is 9.18 Å². The molecular formula is C24H27FN2O4. The third-order valence-electron chi connectivity index (χ3n) is 6.66. The van der Waals surface area contributed by atoms with Gasteiger partial charge in [0.25, 0.3) is 0 Å². The number of carbonyl (C=O) groups is 1. The van der Waals surface area contributed by atoms with Gasteiger partial charge < -0.3 is 19.1 Å². The maximum absolute atomic E-state index is 14.1. The molecule has 6 nitrogen and oxygen atoms in total. The zero-order chi connectivity index (χ0) is 21.4. The molecule has 0 radical (unpaired) electrons. The summed E-state index contributed by atoms with van der Waals surface area (Å²) in [4.78, 5) is 19.9. The van der Waals surface area contributed by atoms with Crippen LogP contribution in [-0.2, 0) is 9.53 Å². The molecule has 0 bridgehead atoms. The van der Waals surface area contributed by atoms with E-state index in [-0.39, 0.29) is 35.5 Å². The summed E-state index contributed by atoms with van der Waals surface area (Å²) in [6.45, 7) is 4.62. The number of aryl methyl sites for hydroxylation is 1. The largest absolute Gasteiger partial charge is 0.493 e. The van der Waals surface area contributed by atoms with Crippen LogP contribution in [0.3, 0.4) is 0 Å². The Kier molecular flexibility index (Phi) is 5.52. The minimum atomic E-state index is -0.315. The summed E-state index contributed by atoms with van der Waals surface area (Å²) in [6.07, 6.45) is 1.46. The highest BCUT2D eigenvalue weighted by molar-refractivity contribution is 5.80. The van der Waals surface area contributed by atoms with Gasteiger partial charge in [-0.05, 0) is 44.0 Å². The summed E-state index contributed by atoms with van der Waals surface area (Å²) in [6, 6.07) is 10.1. The minimum absolute atomic E-state index is 0.0444. The van der Waals surface area contributed by atoms with Crippen molar-refractivity contribution in [2.45, 2.75) is 25.8 Å². The average Bonchev–Trinajstić information content (AvgIpc) is 3.17. The lowest BCUT2D eigenvalue weighted by Gasteiger charge is -2.36. The van der Waals surface area contributed by atoms with Crippen molar-refractivity contribution in [3.63, 3.8) is 0 Å². The minimum Gasteiger partial charge on any atom is -0.493 e. The zero-order valence-electron chi connectivity index (χ0n) is 17.6. The summed E-state index contributed by atoms with van der Waals surface area (Å²) in [5.74, 6) is 1.13. The number of amides is 1. The van der Waals surface area contributed by atoms with E-state index >= 15 is 0 Å². The number of nitrogens with zero attached hydrogens (tertiary/aromatic N) is 2. The fourth-order valence-electron chi connectivity index (χ4n) is 5.06. The standard InChI is InChI=1S/C24H27FN2O4/c1-15-3-2-4-22(26-15)31-13-17-12-27(24(28)16-7-9-29-10-8-16)23-19-11-18(25)5-6-21(19)30-14-20(17)23/h2-6,11,16-17,20,23H,7-10,12-14H2,1H3/t17-,20-,23-/m0/s1. The molecule has 5 rings (SSSR count). The van der Waals surface area contributed by atoms with Crippen LogP contribution in [0.2, 0.25) is 0 Å². The van der Waals surface area contributed by atoms with Crippen LogP contribution in [0.5, 0.6) is 11.6 Å². The second kappa shape index (κ2) is 8.46. The molecule has 2 aromatic rings. The van der Waals surface area contributed by atoms with Crippen LogP contribution in [-0.4, -0.2) is 48.8 Å². The van der Waals surface area contributed by atoms with E-state index in [1.54, 1.807) is 6.07 Å². The molecule has 2 saturated heterocycles. The van der Waals surface area contributed by atoms with Crippen molar-refractivity contribution in [3.05, 3.63) is 53.5 Å². The first kappa shape index (κ1) is 20.2. The summed E-state index contributed by atoms with van der Waals surface area (Å²) < 4.78 is 31.6. The number of fused-ring (bicyclic) bond motifs is 3. The van der Waals surface area contributed by atoms with E-state index < -0.39 is 0 Å². The highest BCUT2D eigenvalue weighted by atomic mass is 19.1. The van der Waals surface area contributed by atoms with Gasteiger partial charge in [0.15, 0.2) is 0 Å². The number of hydrogen-bond acceptors (Lipinski definition) is 5. The van der Waals surface area contributed by atoms with E-state index in [1.807, 2.05) is 30.0 Å². The monoisotopic (exact) mass is 426 g/mol. The molecule has 1 aromatic heterocycles. The topological polar surface area (TPSA) is 60.9 Å². The van der Waals surface area contributed by atoms with Crippen LogP contribution in [0.1, 0.15) is 30.1 Å². The molecule has 2 fully saturated rings. The molecule has 3 atom stereocenters. The van der Waals surface area contributed by atoms with Gasteiger partial charge in [0.05, 0.1) is 19.3 Å². The third kappa shape index (κ3) is 3.99. The Labute approximate surface area is 181 Å². The lowest BCUT2D eigenvalue weighted by molar-refractivity contribution is -0.140. The molecule has 0 unspecified atom stereocenters. The quantitative estimate of drug-likeness (QED) is 0.749. The van der Waals surface area contributed by atoms with Crippen molar-refractivity contribution in [1.82, 2.24) is 9.88 Å². The highest BCUT2D eigenvalue weighted by Gasteiger charge is 2.49.